The number of hydrogen-bond acceptors (Lipinski definition) is 3. The summed E-state index contributed by atoms with van der Waals surface area (Å²) in [6, 6.07) is 9.69. The Labute approximate surface area is 138 Å². The van der Waals surface area contributed by atoms with Gasteiger partial charge in [-0.3, -0.25) is 14.5 Å². The van der Waals surface area contributed by atoms with E-state index in [1.807, 2.05) is 17.9 Å². The van der Waals surface area contributed by atoms with Crippen LogP contribution in [0.5, 0.6) is 0 Å². The summed E-state index contributed by atoms with van der Waals surface area (Å²) in [5.74, 6) is 0. The minimum atomic E-state index is 0.714. The Bertz CT molecular complexity index is 638. The average molecular weight is 310 g/mol. The van der Waals surface area contributed by atoms with Crippen LogP contribution in [0.4, 0.5) is 0 Å². The van der Waals surface area contributed by atoms with Gasteiger partial charge in [-0.2, -0.15) is 5.10 Å². The lowest BCUT2D eigenvalue weighted by Crippen LogP contribution is -2.38. The molecule has 0 bridgehead atoms. The van der Waals surface area contributed by atoms with Crippen molar-refractivity contribution in [1.82, 2.24) is 19.6 Å². The maximum atomic E-state index is 4.29. The molecule has 4 nitrogen and oxygen atoms in total. The molecule has 2 aromatic rings. The van der Waals surface area contributed by atoms with Gasteiger partial charge in [-0.15, -0.1) is 0 Å². The van der Waals surface area contributed by atoms with Crippen molar-refractivity contribution in [3.8, 4) is 0 Å². The first kappa shape index (κ1) is 14.9. The van der Waals surface area contributed by atoms with Gasteiger partial charge in [-0.1, -0.05) is 24.3 Å². The van der Waals surface area contributed by atoms with Crippen molar-refractivity contribution in [2.75, 3.05) is 26.2 Å². The zero-order valence-electron chi connectivity index (χ0n) is 14.0. The predicted octanol–water partition coefficient (Wildman–Crippen LogP) is 2.10. The van der Waals surface area contributed by atoms with Gasteiger partial charge in [0.05, 0.1) is 6.20 Å². The minimum absolute atomic E-state index is 0.714. The smallest absolute Gasteiger partial charge is 0.0534 e. The number of benzene rings is 1. The summed E-state index contributed by atoms with van der Waals surface area (Å²) in [7, 11) is 1.99. The molecule has 2 heterocycles. The van der Waals surface area contributed by atoms with E-state index < -0.39 is 0 Å². The Morgan fingerprint density at radius 1 is 1.04 bits per heavy atom. The fourth-order valence-electron chi connectivity index (χ4n) is 4.12. The molecule has 0 saturated carbocycles. The van der Waals surface area contributed by atoms with Crippen LogP contribution in [0, 0.1) is 0 Å². The van der Waals surface area contributed by atoms with E-state index in [1.165, 1.54) is 51.0 Å². The van der Waals surface area contributed by atoms with Crippen LogP contribution in [-0.4, -0.2) is 51.8 Å². The molecule has 1 aliphatic heterocycles. The summed E-state index contributed by atoms with van der Waals surface area (Å²) in [4.78, 5) is 5.31. The molecule has 122 valence electrons. The molecule has 4 rings (SSSR count). The Hall–Kier alpha value is -1.65. The van der Waals surface area contributed by atoms with Crippen molar-refractivity contribution in [2.24, 2.45) is 7.05 Å². The summed E-state index contributed by atoms with van der Waals surface area (Å²) in [6.07, 6.45) is 7.87. The third kappa shape index (κ3) is 3.33. The van der Waals surface area contributed by atoms with Crippen LogP contribution in [0.3, 0.4) is 0 Å². The molecular formula is C19H26N4. The van der Waals surface area contributed by atoms with Crippen molar-refractivity contribution in [2.45, 2.75) is 31.8 Å². The third-order valence-corrected chi connectivity index (χ3v) is 5.33. The number of hydrogen-bond donors (Lipinski definition) is 0. The second kappa shape index (κ2) is 6.46. The molecule has 1 aliphatic carbocycles. The molecule has 0 atom stereocenters. The quantitative estimate of drug-likeness (QED) is 0.868. The molecule has 1 fully saturated rings. The van der Waals surface area contributed by atoms with E-state index >= 15 is 0 Å². The third-order valence-electron chi connectivity index (χ3n) is 5.33. The molecule has 4 heteroatoms. The molecule has 0 N–H and O–H groups in total. The highest BCUT2D eigenvalue weighted by Gasteiger charge is 2.27. The highest BCUT2D eigenvalue weighted by atomic mass is 15.3. The molecule has 1 aromatic heterocycles. The Morgan fingerprint density at radius 2 is 1.83 bits per heavy atom. The van der Waals surface area contributed by atoms with Crippen LogP contribution < -0.4 is 0 Å². The van der Waals surface area contributed by atoms with E-state index in [4.69, 9.17) is 0 Å². The van der Waals surface area contributed by atoms with Crippen molar-refractivity contribution in [1.29, 1.82) is 0 Å². The summed E-state index contributed by atoms with van der Waals surface area (Å²) in [6.45, 7) is 5.83. The first-order chi connectivity index (χ1) is 11.3. The zero-order valence-corrected chi connectivity index (χ0v) is 14.0. The molecule has 0 amide bonds. The molecule has 1 aromatic carbocycles. The highest BCUT2D eigenvalue weighted by Crippen LogP contribution is 2.26. The lowest BCUT2D eigenvalue weighted by molar-refractivity contribution is 0.201. The SMILES string of the molecule is Cn1cc(CN2CCCN(C3Cc4ccccc4C3)CC2)cn1. The molecule has 0 unspecified atom stereocenters. The topological polar surface area (TPSA) is 24.3 Å². The van der Waals surface area contributed by atoms with Crippen LogP contribution in [-0.2, 0) is 26.4 Å². The molecule has 23 heavy (non-hydrogen) atoms. The van der Waals surface area contributed by atoms with E-state index in [-0.39, 0.29) is 0 Å². The van der Waals surface area contributed by atoms with Crippen molar-refractivity contribution in [3.05, 3.63) is 53.3 Å². The maximum absolute atomic E-state index is 4.29. The molecule has 1 saturated heterocycles. The maximum Gasteiger partial charge on any atom is 0.0534 e. The first-order valence-electron chi connectivity index (χ1n) is 8.78. The van der Waals surface area contributed by atoms with Gasteiger partial charge in [0, 0.05) is 44.5 Å². The van der Waals surface area contributed by atoms with Crippen molar-refractivity contribution >= 4 is 0 Å². The lowest BCUT2D eigenvalue weighted by atomic mass is 10.1. The number of nitrogens with zero attached hydrogens (tertiary/aromatic N) is 4. The van der Waals surface area contributed by atoms with E-state index in [0.717, 1.165) is 6.54 Å². The summed E-state index contributed by atoms with van der Waals surface area (Å²) < 4.78 is 1.90. The molecular weight excluding hydrogens is 284 g/mol. The van der Waals surface area contributed by atoms with Gasteiger partial charge in [0.2, 0.25) is 0 Å². The molecule has 0 spiro atoms. The summed E-state index contributed by atoms with van der Waals surface area (Å²) in [5.41, 5.74) is 4.46. The second-order valence-electron chi connectivity index (χ2n) is 7.02. The Morgan fingerprint density at radius 3 is 2.52 bits per heavy atom. The monoisotopic (exact) mass is 310 g/mol. The van der Waals surface area contributed by atoms with Crippen molar-refractivity contribution in [3.63, 3.8) is 0 Å². The Balaban J connectivity index is 1.35. The highest BCUT2D eigenvalue weighted by molar-refractivity contribution is 5.33. The fraction of sp³-hybridized carbons (Fsp3) is 0.526. The van der Waals surface area contributed by atoms with Gasteiger partial charge < -0.3 is 0 Å². The lowest BCUT2D eigenvalue weighted by Gasteiger charge is -2.27. The predicted molar refractivity (Wildman–Crippen MR) is 92.3 cm³/mol. The average Bonchev–Trinajstić information content (AvgIpc) is 3.08. The standard InChI is InChI=1S/C19H26N4/c1-21-14-16(13-20-21)15-22-7-4-8-23(10-9-22)19-11-17-5-2-3-6-18(17)12-19/h2-3,5-6,13-14,19H,4,7-12,15H2,1H3. The second-order valence-corrected chi connectivity index (χ2v) is 7.02. The van der Waals surface area contributed by atoms with Gasteiger partial charge in [-0.05, 0) is 43.5 Å². The van der Waals surface area contributed by atoms with Gasteiger partial charge in [0.25, 0.3) is 0 Å². The molecule has 0 radical (unpaired) electrons. The van der Waals surface area contributed by atoms with Gasteiger partial charge >= 0.3 is 0 Å². The van der Waals surface area contributed by atoms with Crippen LogP contribution in [0.15, 0.2) is 36.7 Å². The number of rotatable bonds is 3. The fourth-order valence-corrected chi connectivity index (χ4v) is 4.12. The van der Waals surface area contributed by atoms with Crippen LogP contribution in [0.1, 0.15) is 23.1 Å². The van der Waals surface area contributed by atoms with E-state index in [1.54, 1.807) is 11.1 Å². The summed E-state index contributed by atoms with van der Waals surface area (Å²) >= 11 is 0. The Kier molecular flexibility index (Phi) is 4.19. The molecule has 2 aliphatic rings. The minimum Gasteiger partial charge on any atom is -0.298 e. The van der Waals surface area contributed by atoms with Crippen molar-refractivity contribution < 1.29 is 0 Å². The normalized spacial score (nSPS) is 20.6. The number of fused-ring (bicyclic) bond motifs is 1. The number of aromatic nitrogens is 2. The van der Waals surface area contributed by atoms with Crippen LogP contribution in [0.2, 0.25) is 0 Å². The van der Waals surface area contributed by atoms with Gasteiger partial charge in [-0.25, -0.2) is 0 Å². The van der Waals surface area contributed by atoms with E-state index in [9.17, 15) is 0 Å². The van der Waals surface area contributed by atoms with Gasteiger partial charge in [0.15, 0.2) is 0 Å². The van der Waals surface area contributed by atoms with E-state index in [2.05, 4.69) is 45.4 Å². The largest absolute Gasteiger partial charge is 0.298 e. The van der Waals surface area contributed by atoms with Crippen LogP contribution in [0.25, 0.3) is 0 Å². The number of aryl methyl sites for hydroxylation is 1. The first-order valence-corrected chi connectivity index (χ1v) is 8.78. The van der Waals surface area contributed by atoms with E-state index in [0.29, 0.717) is 6.04 Å². The van der Waals surface area contributed by atoms with Gasteiger partial charge in [0.1, 0.15) is 0 Å². The zero-order chi connectivity index (χ0) is 15.6. The summed E-state index contributed by atoms with van der Waals surface area (Å²) in [5, 5.41) is 4.29. The van der Waals surface area contributed by atoms with Crippen LogP contribution >= 0.6 is 0 Å².